The summed E-state index contributed by atoms with van der Waals surface area (Å²) in [6.45, 7) is 5.68. The summed E-state index contributed by atoms with van der Waals surface area (Å²) in [6, 6.07) is 3.33. The monoisotopic (exact) mass is 326 g/mol. The molecule has 0 spiro atoms. The van der Waals surface area contributed by atoms with Crippen molar-refractivity contribution in [2.45, 2.75) is 32.6 Å². The van der Waals surface area contributed by atoms with E-state index in [0.717, 1.165) is 62.9 Å². The highest BCUT2D eigenvalue weighted by atomic mass is 16.1. The number of aryl methyl sites for hydroxylation is 2. The van der Waals surface area contributed by atoms with Crippen LogP contribution < -0.4 is 15.4 Å². The number of anilines is 2. The van der Waals surface area contributed by atoms with Crippen molar-refractivity contribution in [3.8, 4) is 0 Å². The van der Waals surface area contributed by atoms with E-state index in [9.17, 15) is 4.79 Å². The van der Waals surface area contributed by atoms with Gasteiger partial charge in [0, 0.05) is 43.5 Å². The van der Waals surface area contributed by atoms with E-state index >= 15 is 0 Å². The van der Waals surface area contributed by atoms with Gasteiger partial charge in [0.1, 0.15) is 17.5 Å². The molecule has 2 aromatic rings. The molecule has 1 aliphatic heterocycles. The third-order valence-corrected chi connectivity index (χ3v) is 4.81. The zero-order valence-electron chi connectivity index (χ0n) is 14.0. The van der Waals surface area contributed by atoms with E-state index in [1.807, 2.05) is 6.92 Å². The van der Waals surface area contributed by atoms with Crippen LogP contribution in [0.4, 0.5) is 11.6 Å². The lowest BCUT2D eigenvalue weighted by molar-refractivity contribution is 0.780. The van der Waals surface area contributed by atoms with E-state index < -0.39 is 0 Å². The van der Waals surface area contributed by atoms with Crippen LogP contribution >= 0.6 is 0 Å². The molecular weight excluding hydrogens is 304 g/mol. The second-order valence-corrected chi connectivity index (χ2v) is 6.48. The fraction of sp³-hybridized carbons (Fsp3) is 0.529. The number of nitrogens with zero attached hydrogens (tertiary/aromatic N) is 5. The zero-order valence-corrected chi connectivity index (χ0v) is 14.0. The van der Waals surface area contributed by atoms with Gasteiger partial charge in [-0.3, -0.25) is 4.79 Å². The van der Waals surface area contributed by atoms with Gasteiger partial charge in [-0.15, -0.1) is 0 Å². The maximum Gasteiger partial charge on any atom is 0.264 e. The van der Waals surface area contributed by atoms with Gasteiger partial charge in [0.05, 0.1) is 0 Å². The summed E-state index contributed by atoms with van der Waals surface area (Å²) in [4.78, 5) is 25.2. The maximum atomic E-state index is 11.2. The Labute approximate surface area is 140 Å². The molecule has 0 radical (unpaired) electrons. The Morgan fingerprint density at radius 1 is 1.00 bits per heavy atom. The SMILES string of the molecule is Cc1nc2c(c(N3CCCN(c4ccc(=O)[nH]n4)CC3)n1)CCC2. The Kier molecular flexibility index (Phi) is 3.92. The van der Waals surface area contributed by atoms with Crippen LogP contribution in [0.15, 0.2) is 16.9 Å². The topological polar surface area (TPSA) is 78.0 Å². The highest BCUT2D eigenvalue weighted by Crippen LogP contribution is 2.29. The number of hydrogen-bond donors (Lipinski definition) is 1. The molecule has 24 heavy (non-hydrogen) atoms. The Hall–Kier alpha value is -2.44. The molecule has 7 nitrogen and oxygen atoms in total. The molecule has 3 heterocycles. The number of aromatic nitrogens is 4. The minimum Gasteiger partial charge on any atom is -0.354 e. The van der Waals surface area contributed by atoms with Gasteiger partial charge < -0.3 is 9.80 Å². The summed E-state index contributed by atoms with van der Waals surface area (Å²) in [5.41, 5.74) is 2.42. The van der Waals surface area contributed by atoms with E-state index in [2.05, 4.69) is 25.0 Å². The largest absolute Gasteiger partial charge is 0.354 e. The lowest BCUT2D eigenvalue weighted by Gasteiger charge is -2.25. The lowest BCUT2D eigenvalue weighted by atomic mass is 10.2. The van der Waals surface area contributed by atoms with Crippen LogP contribution in [0.2, 0.25) is 0 Å². The van der Waals surface area contributed by atoms with Crippen molar-refractivity contribution >= 4 is 11.6 Å². The Morgan fingerprint density at radius 3 is 2.67 bits per heavy atom. The van der Waals surface area contributed by atoms with Gasteiger partial charge in [0.15, 0.2) is 0 Å². The first-order valence-corrected chi connectivity index (χ1v) is 8.63. The van der Waals surface area contributed by atoms with Crippen LogP contribution in [0.1, 0.15) is 29.9 Å². The first kappa shape index (κ1) is 15.1. The Bertz CT molecular complexity index is 782. The molecular formula is C17H22N6O. The van der Waals surface area contributed by atoms with Gasteiger partial charge in [0.25, 0.3) is 5.56 Å². The van der Waals surface area contributed by atoms with Gasteiger partial charge in [-0.05, 0) is 38.7 Å². The van der Waals surface area contributed by atoms with Crippen LogP contribution in [0.5, 0.6) is 0 Å². The van der Waals surface area contributed by atoms with Crippen molar-refractivity contribution in [3.63, 3.8) is 0 Å². The highest BCUT2D eigenvalue weighted by Gasteiger charge is 2.24. The van der Waals surface area contributed by atoms with Crippen LogP contribution in [0, 0.1) is 6.92 Å². The summed E-state index contributed by atoms with van der Waals surface area (Å²) in [5, 5.41) is 6.68. The number of nitrogens with one attached hydrogen (secondary N) is 1. The standard InChI is InChI=1S/C17H22N6O/c1-12-18-14-5-2-4-13(14)17(19-12)23-9-3-8-22(10-11-23)15-6-7-16(24)21-20-15/h6-7H,2-5,8-11H2,1H3,(H,21,24). The van der Waals surface area contributed by atoms with Crippen molar-refractivity contribution in [1.29, 1.82) is 0 Å². The van der Waals surface area contributed by atoms with Crippen molar-refractivity contribution in [3.05, 3.63) is 39.6 Å². The van der Waals surface area contributed by atoms with Crippen LogP contribution in [0.25, 0.3) is 0 Å². The predicted molar refractivity (Wildman–Crippen MR) is 92.7 cm³/mol. The number of rotatable bonds is 2. The average Bonchev–Trinajstić information content (AvgIpc) is 2.90. The normalized spacial score (nSPS) is 17.7. The van der Waals surface area contributed by atoms with Crippen LogP contribution in [0.3, 0.4) is 0 Å². The summed E-state index contributed by atoms with van der Waals surface area (Å²) in [6.07, 6.45) is 4.39. The van der Waals surface area contributed by atoms with Crippen molar-refractivity contribution in [2.24, 2.45) is 0 Å². The average molecular weight is 326 g/mol. The van der Waals surface area contributed by atoms with Gasteiger partial charge >= 0.3 is 0 Å². The smallest absolute Gasteiger partial charge is 0.264 e. The summed E-state index contributed by atoms with van der Waals surface area (Å²) >= 11 is 0. The second-order valence-electron chi connectivity index (χ2n) is 6.48. The van der Waals surface area contributed by atoms with Gasteiger partial charge in [-0.25, -0.2) is 15.1 Å². The summed E-state index contributed by atoms with van der Waals surface area (Å²) in [5.74, 6) is 2.83. The van der Waals surface area contributed by atoms with E-state index in [-0.39, 0.29) is 5.56 Å². The molecule has 1 N–H and O–H groups in total. The minimum absolute atomic E-state index is 0.165. The Morgan fingerprint density at radius 2 is 1.83 bits per heavy atom. The van der Waals surface area contributed by atoms with Gasteiger partial charge in [-0.2, -0.15) is 5.10 Å². The lowest BCUT2D eigenvalue weighted by Crippen LogP contribution is -2.32. The molecule has 0 bridgehead atoms. The van der Waals surface area contributed by atoms with Gasteiger partial charge in [0.2, 0.25) is 0 Å². The quantitative estimate of drug-likeness (QED) is 0.889. The highest BCUT2D eigenvalue weighted by molar-refractivity contribution is 5.52. The fourth-order valence-corrected chi connectivity index (χ4v) is 3.67. The molecule has 0 amide bonds. The third kappa shape index (κ3) is 2.86. The number of hydrogen-bond acceptors (Lipinski definition) is 6. The number of aromatic amines is 1. The first-order valence-electron chi connectivity index (χ1n) is 8.63. The molecule has 7 heteroatoms. The molecule has 0 aromatic carbocycles. The third-order valence-electron chi connectivity index (χ3n) is 4.81. The molecule has 0 unspecified atom stereocenters. The molecule has 1 aliphatic carbocycles. The van der Waals surface area contributed by atoms with E-state index in [1.54, 1.807) is 6.07 Å². The zero-order chi connectivity index (χ0) is 16.5. The van der Waals surface area contributed by atoms with E-state index in [1.165, 1.54) is 23.7 Å². The van der Waals surface area contributed by atoms with Crippen molar-refractivity contribution < 1.29 is 0 Å². The molecule has 126 valence electrons. The minimum atomic E-state index is -0.165. The fourth-order valence-electron chi connectivity index (χ4n) is 3.67. The second kappa shape index (κ2) is 6.22. The predicted octanol–water partition coefficient (Wildman–Crippen LogP) is 1.07. The van der Waals surface area contributed by atoms with Crippen molar-refractivity contribution in [2.75, 3.05) is 36.0 Å². The maximum absolute atomic E-state index is 11.2. The van der Waals surface area contributed by atoms with E-state index in [4.69, 9.17) is 4.98 Å². The first-order chi connectivity index (χ1) is 11.7. The molecule has 2 aromatic heterocycles. The molecule has 0 atom stereocenters. The van der Waals surface area contributed by atoms with Gasteiger partial charge in [-0.1, -0.05) is 0 Å². The molecule has 1 fully saturated rings. The number of fused-ring (bicyclic) bond motifs is 1. The Balaban J connectivity index is 1.55. The molecule has 1 saturated heterocycles. The number of H-pyrrole nitrogens is 1. The summed E-state index contributed by atoms with van der Waals surface area (Å²) < 4.78 is 0. The van der Waals surface area contributed by atoms with Crippen LogP contribution in [-0.4, -0.2) is 46.3 Å². The van der Waals surface area contributed by atoms with Crippen molar-refractivity contribution in [1.82, 2.24) is 20.2 Å². The molecule has 4 rings (SSSR count). The molecule has 2 aliphatic rings. The van der Waals surface area contributed by atoms with E-state index in [0.29, 0.717) is 0 Å². The summed E-state index contributed by atoms with van der Waals surface area (Å²) in [7, 11) is 0. The van der Waals surface area contributed by atoms with Crippen LogP contribution in [-0.2, 0) is 12.8 Å². The molecule has 0 saturated carbocycles.